The molecule has 0 aliphatic carbocycles. The molecule has 1 amide bonds. The van der Waals surface area contributed by atoms with Gasteiger partial charge in [-0.2, -0.15) is 0 Å². The van der Waals surface area contributed by atoms with Crippen LogP contribution in [0.3, 0.4) is 0 Å². The lowest BCUT2D eigenvalue weighted by Crippen LogP contribution is -2.46. The molecule has 1 heterocycles. The molecular weight excluding hydrogens is 442 g/mol. The lowest BCUT2D eigenvalue weighted by Gasteiger charge is -2.25. The molecule has 2 aromatic rings. The third-order valence-electron chi connectivity index (χ3n) is 4.36. The van der Waals surface area contributed by atoms with Crippen LogP contribution in [0.15, 0.2) is 60.7 Å². The van der Waals surface area contributed by atoms with Gasteiger partial charge in [-0.3, -0.25) is 14.4 Å². The fourth-order valence-electron chi connectivity index (χ4n) is 2.79. The van der Waals surface area contributed by atoms with Gasteiger partial charge in [-0.25, -0.2) is 4.79 Å². The predicted molar refractivity (Wildman–Crippen MR) is 121 cm³/mol. The summed E-state index contributed by atoms with van der Waals surface area (Å²) >= 11 is 3.15. The van der Waals surface area contributed by atoms with Crippen LogP contribution in [0.1, 0.15) is 20.7 Å². The Morgan fingerprint density at radius 1 is 0.967 bits per heavy atom. The molecule has 0 radical (unpaired) electrons. The lowest BCUT2D eigenvalue weighted by atomic mass is 10.2. The van der Waals surface area contributed by atoms with E-state index in [1.807, 2.05) is 0 Å². The number of hydrogen-bond donors (Lipinski definition) is 1. The minimum absolute atomic E-state index is 0.0727. The van der Waals surface area contributed by atoms with Crippen LogP contribution < -0.4 is 0 Å². The summed E-state index contributed by atoms with van der Waals surface area (Å²) in [6, 6.07) is 16.3. The largest absolute Gasteiger partial charge is 0.480 e. The molecule has 0 saturated carbocycles. The number of carbonyl (C=O) groups is 4. The van der Waals surface area contributed by atoms with E-state index in [0.29, 0.717) is 16.9 Å². The van der Waals surface area contributed by atoms with E-state index in [4.69, 9.17) is 0 Å². The zero-order chi connectivity index (χ0) is 21.5. The van der Waals surface area contributed by atoms with Crippen LogP contribution in [0.4, 0.5) is 0 Å². The molecule has 1 aliphatic rings. The third kappa shape index (κ3) is 5.68. The fourth-order valence-corrected chi connectivity index (χ4v) is 5.93. The van der Waals surface area contributed by atoms with Gasteiger partial charge in [0, 0.05) is 22.6 Å². The molecule has 156 valence electrons. The van der Waals surface area contributed by atoms with Gasteiger partial charge in [-0.15, -0.1) is 11.8 Å². The van der Waals surface area contributed by atoms with E-state index in [2.05, 4.69) is 0 Å². The zero-order valence-corrected chi connectivity index (χ0v) is 18.3. The SMILES string of the molecule is O=C(SC[C@H](SC(=O)c1ccccc1)C(=O)N1CSCC1C(=O)O)c1ccccc1. The fraction of sp³-hybridized carbons (Fsp3) is 0.238. The minimum Gasteiger partial charge on any atom is -0.480 e. The smallest absolute Gasteiger partial charge is 0.327 e. The molecule has 1 N–H and O–H groups in total. The third-order valence-corrected chi connectivity index (χ3v) is 7.68. The Morgan fingerprint density at radius 2 is 1.53 bits per heavy atom. The Morgan fingerprint density at radius 3 is 2.10 bits per heavy atom. The van der Waals surface area contributed by atoms with Crippen LogP contribution in [-0.4, -0.2) is 60.8 Å². The van der Waals surface area contributed by atoms with Gasteiger partial charge in [-0.1, -0.05) is 84.2 Å². The first-order valence-corrected chi connectivity index (χ1v) is 12.1. The molecule has 1 fully saturated rings. The summed E-state index contributed by atoms with van der Waals surface area (Å²) in [7, 11) is 0. The van der Waals surface area contributed by atoms with Gasteiger partial charge in [-0.05, 0) is 0 Å². The molecule has 30 heavy (non-hydrogen) atoms. The topological polar surface area (TPSA) is 91.8 Å². The predicted octanol–water partition coefficient (Wildman–Crippen LogP) is 3.49. The molecule has 2 aromatic carbocycles. The van der Waals surface area contributed by atoms with Crippen molar-refractivity contribution in [3.05, 3.63) is 71.8 Å². The molecule has 0 aromatic heterocycles. The quantitative estimate of drug-likeness (QED) is 0.670. The standard InChI is InChI=1S/C21H19NO5S3/c23-18(22-13-28-11-16(22)19(24)25)17(30-21(27)15-9-5-2-6-10-15)12-29-20(26)14-7-3-1-4-8-14/h1-10,16-17H,11-13H2,(H,24,25)/t16?,17-/m0/s1. The number of carboxylic acids is 1. The second-order valence-corrected chi connectivity index (χ2v) is 9.55. The van der Waals surface area contributed by atoms with Gasteiger partial charge >= 0.3 is 5.97 Å². The number of thioether (sulfide) groups is 3. The average Bonchev–Trinajstić information content (AvgIpc) is 3.27. The molecule has 1 aliphatic heterocycles. The molecule has 9 heteroatoms. The summed E-state index contributed by atoms with van der Waals surface area (Å²) in [5.74, 6) is -0.872. The van der Waals surface area contributed by atoms with Gasteiger partial charge in [0.1, 0.15) is 11.3 Å². The average molecular weight is 462 g/mol. The van der Waals surface area contributed by atoms with Crippen molar-refractivity contribution in [3.63, 3.8) is 0 Å². The number of carbonyl (C=O) groups excluding carboxylic acids is 3. The van der Waals surface area contributed by atoms with Crippen molar-refractivity contribution in [2.24, 2.45) is 0 Å². The van der Waals surface area contributed by atoms with Crippen molar-refractivity contribution in [3.8, 4) is 0 Å². The van der Waals surface area contributed by atoms with Gasteiger partial charge in [0.05, 0.1) is 5.88 Å². The summed E-state index contributed by atoms with van der Waals surface area (Å²) in [5.41, 5.74) is 0.957. The summed E-state index contributed by atoms with van der Waals surface area (Å²) in [4.78, 5) is 51.1. The molecule has 0 bridgehead atoms. The van der Waals surface area contributed by atoms with Crippen molar-refractivity contribution in [1.82, 2.24) is 4.90 Å². The highest BCUT2D eigenvalue weighted by molar-refractivity contribution is 8.18. The van der Waals surface area contributed by atoms with Crippen molar-refractivity contribution >= 4 is 57.4 Å². The summed E-state index contributed by atoms with van der Waals surface area (Å²) in [6.45, 7) is 0. The number of rotatable bonds is 7. The van der Waals surface area contributed by atoms with E-state index >= 15 is 0 Å². The molecule has 2 atom stereocenters. The first-order chi connectivity index (χ1) is 14.5. The van der Waals surface area contributed by atoms with Crippen LogP contribution in [-0.2, 0) is 9.59 Å². The summed E-state index contributed by atoms with van der Waals surface area (Å²) in [5, 5.41) is 8.04. The van der Waals surface area contributed by atoms with E-state index in [1.54, 1.807) is 60.7 Å². The monoisotopic (exact) mass is 461 g/mol. The maximum Gasteiger partial charge on any atom is 0.327 e. The minimum atomic E-state index is -1.07. The van der Waals surface area contributed by atoms with E-state index in [9.17, 15) is 24.3 Å². The van der Waals surface area contributed by atoms with E-state index < -0.39 is 23.2 Å². The van der Waals surface area contributed by atoms with Crippen LogP contribution in [0.25, 0.3) is 0 Å². The number of nitrogens with zero attached hydrogens (tertiary/aromatic N) is 1. The van der Waals surface area contributed by atoms with Gasteiger partial charge in [0.15, 0.2) is 0 Å². The van der Waals surface area contributed by atoms with Crippen LogP contribution >= 0.6 is 35.3 Å². The highest BCUT2D eigenvalue weighted by Gasteiger charge is 2.39. The van der Waals surface area contributed by atoms with Crippen molar-refractivity contribution in [1.29, 1.82) is 0 Å². The van der Waals surface area contributed by atoms with Gasteiger partial charge in [0.25, 0.3) is 0 Å². The molecule has 1 saturated heterocycles. The highest BCUT2D eigenvalue weighted by atomic mass is 32.2. The Balaban J connectivity index is 1.75. The number of aliphatic carboxylic acids is 1. The van der Waals surface area contributed by atoms with Gasteiger partial charge in [0.2, 0.25) is 16.1 Å². The maximum absolute atomic E-state index is 13.1. The Labute approximate surface area is 186 Å². The lowest BCUT2D eigenvalue weighted by molar-refractivity contribution is -0.147. The van der Waals surface area contributed by atoms with E-state index in [0.717, 1.165) is 23.5 Å². The molecule has 0 spiro atoms. The number of carboxylic acid groups (broad SMARTS) is 1. The normalized spacial score (nSPS) is 16.8. The van der Waals surface area contributed by atoms with Crippen LogP contribution in [0.5, 0.6) is 0 Å². The zero-order valence-electron chi connectivity index (χ0n) is 15.8. The Hall–Kier alpha value is -2.23. The van der Waals surface area contributed by atoms with E-state index in [-0.39, 0.29) is 21.9 Å². The molecule has 6 nitrogen and oxygen atoms in total. The first-order valence-electron chi connectivity index (χ1n) is 9.06. The van der Waals surface area contributed by atoms with Crippen molar-refractivity contribution < 1.29 is 24.3 Å². The number of amides is 1. The summed E-state index contributed by atoms with van der Waals surface area (Å²) < 4.78 is 0. The van der Waals surface area contributed by atoms with Crippen molar-refractivity contribution in [2.45, 2.75) is 11.3 Å². The molecule has 1 unspecified atom stereocenters. The Bertz CT molecular complexity index is 923. The molecule has 3 rings (SSSR count). The molecular formula is C21H19NO5S3. The Kier molecular flexibility index (Phi) is 8.01. The highest BCUT2D eigenvalue weighted by Crippen LogP contribution is 2.29. The first kappa shape index (κ1) is 22.5. The number of benzene rings is 2. The second-order valence-electron chi connectivity index (χ2n) is 6.39. The van der Waals surface area contributed by atoms with Crippen LogP contribution in [0.2, 0.25) is 0 Å². The van der Waals surface area contributed by atoms with Crippen LogP contribution in [0, 0.1) is 0 Å². The van der Waals surface area contributed by atoms with Crippen molar-refractivity contribution in [2.75, 3.05) is 17.4 Å². The maximum atomic E-state index is 13.1. The van der Waals surface area contributed by atoms with E-state index in [1.165, 1.54) is 16.7 Å². The summed E-state index contributed by atoms with van der Waals surface area (Å²) in [6.07, 6.45) is 0. The van der Waals surface area contributed by atoms with Gasteiger partial charge < -0.3 is 10.0 Å². The number of hydrogen-bond acceptors (Lipinski definition) is 7. The second kappa shape index (κ2) is 10.7.